The molecule has 0 radical (unpaired) electrons. The zero-order chi connectivity index (χ0) is 16.3. The van der Waals surface area contributed by atoms with Crippen LogP contribution in [0.2, 0.25) is 0 Å². The predicted molar refractivity (Wildman–Crippen MR) is 82.7 cm³/mol. The van der Waals surface area contributed by atoms with Crippen LogP contribution in [0, 0.1) is 0 Å². The first-order chi connectivity index (χ1) is 10.3. The fraction of sp³-hybridized carbons (Fsp3) is 0.267. The Labute approximate surface area is 128 Å². The van der Waals surface area contributed by atoms with Crippen LogP contribution in [0.15, 0.2) is 36.4 Å². The van der Waals surface area contributed by atoms with Crippen LogP contribution in [-0.4, -0.2) is 33.7 Å². The zero-order valence-electron chi connectivity index (χ0n) is 12.5. The lowest BCUT2D eigenvalue weighted by Crippen LogP contribution is -2.49. The van der Waals surface area contributed by atoms with Gasteiger partial charge in [-0.1, -0.05) is 18.2 Å². The van der Waals surface area contributed by atoms with Gasteiger partial charge in [0, 0.05) is 18.2 Å². The molecule has 1 aromatic heterocycles. The highest BCUT2D eigenvalue weighted by atomic mass is 16.2. The van der Waals surface area contributed by atoms with Crippen molar-refractivity contribution in [2.24, 2.45) is 11.5 Å². The number of carbonyl (C=O) groups excluding carboxylic acids is 2. The molecular formula is C15H19N5O2. The van der Waals surface area contributed by atoms with Crippen molar-refractivity contribution in [3.05, 3.63) is 47.8 Å². The Kier molecular flexibility index (Phi) is 4.27. The van der Waals surface area contributed by atoms with Crippen LogP contribution in [-0.2, 0) is 0 Å². The third-order valence-corrected chi connectivity index (χ3v) is 3.16. The van der Waals surface area contributed by atoms with Crippen LogP contribution in [0.3, 0.4) is 0 Å². The molecule has 0 bridgehead atoms. The van der Waals surface area contributed by atoms with Crippen molar-refractivity contribution in [2.45, 2.75) is 19.4 Å². The second-order valence-electron chi connectivity index (χ2n) is 5.57. The molecule has 2 rings (SSSR count). The third-order valence-electron chi connectivity index (χ3n) is 3.16. The summed E-state index contributed by atoms with van der Waals surface area (Å²) in [5, 5.41) is 6.94. The predicted octanol–water partition coefficient (Wildman–Crippen LogP) is 0.438. The van der Waals surface area contributed by atoms with Gasteiger partial charge in [-0.3, -0.25) is 9.59 Å². The van der Waals surface area contributed by atoms with E-state index in [1.165, 1.54) is 10.7 Å². The van der Waals surface area contributed by atoms with Crippen molar-refractivity contribution in [1.82, 2.24) is 15.1 Å². The van der Waals surface area contributed by atoms with Crippen molar-refractivity contribution in [3.8, 4) is 5.69 Å². The van der Waals surface area contributed by atoms with E-state index < -0.39 is 17.4 Å². The van der Waals surface area contributed by atoms with E-state index in [0.29, 0.717) is 5.69 Å². The zero-order valence-corrected chi connectivity index (χ0v) is 12.5. The molecule has 116 valence electrons. The summed E-state index contributed by atoms with van der Waals surface area (Å²) in [7, 11) is 0. The molecule has 7 heteroatoms. The first kappa shape index (κ1) is 15.7. The van der Waals surface area contributed by atoms with Gasteiger partial charge in [-0.25, -0.2) is 4.68 Å². The number of nitrogens with two attached hydrogens (primary N) is 2. The summed E-state index contributed by atoms with van der Waals surface area (Å²) in [6, 6.07) is 10.4. The maximum absolute atomic E-state index is 12.2. The summed E-state index contributed by atoms with van der Waals surface area (Å²) >= 11 is 0. The van der Waals surface area contributed by atoms with Crippen LogP contribution in [0.4, 0.5) is 0 Å². The highest BCUT2D eigenvalue weighted by Gasteiger charge is 2.23. The van der Waals surface area contributed by atoms with Gasteiger partial charge >= 0.3 is 0 Å². The van der Waals surface area contributed by atoms with Gasteiger partial charge in [0.2, 0.25) is 0 Å². The number of hydrogen-bond acceptors (Lipinski definition) is 4. The minimum atomic E-state index is -0.659. The number of aromatic nitrogens is 2. The van der Waals surface area contributed by atoms with E-state index in [1.54, 1.807) is 38.1 Å². The highest BCUT2D eigenvalue weighted by Crippen LogP contribution is 2.13. The fourth-order valence-electron chi connectivity index (χ4n) is 1.86. The van der Waals surface area contributed by atoms with Crippen molar-refractivity contribution in [3.63, 3.8) is 0 Å². The molecule has 1 heterocycles. The Bertz CT molecular complexity index is 691. The number of carbonyl (C=O) groups is 2. The molecule has 0 saturated heterocycles. The topological polar surface area (TPSA) is 116 Å². The molecule has 2 amide bonds. The van der Waals surface area contributed by atoms with E-state index in [9.17, 15) is 9.59 Å². The quantitative estimate of drug-likeness (QED) is 0.743. The molecular weight excluding hydrogens is 282 g/mol. The van der Waals surface area contributed by atoms with Crippen LogP contribution in [0.5, 0.6) is 0 Å². The number of rotatable bonds is 5. The molecule has 0 atom stereocenters. The normalized spacial score (nSPS) is 11.2. The number of benzene rings is 1. The fourth-order valence-corrected chi connectivity index (χ4v) is 1.86. The average Bonchev–Trinajstić information content (AvgIpc) is 2.93. The Morgan fingerprint density at radius 2 is 1.91 bits per heavy atom. The van der Waals surface area contributed by atoms with Crippen molar-refractivity contribution in [2.75, 3.05) is 6.54 Å². The Morgan fingerprint density at radius 3 is 2.45 bits per heavy atom. The van der Waals surface area contributed by atoms with Crippen molar-refractivity contribution in [1.29, 1.82) is 0 Å². The van der Waals surface area contributed by atoms with Crippen LogP contribution in [0.25, 0.3) is 5.69 Å². The lowest BCUT2D eigenvalue weighted by molar-refractivity contribution is 0.0909. The minimum absolute atomic E-state index is 0.110. The second kappa shape index (κ2) is 5.98. The van der Waals surface area contributed by atoms with Gasteiger partial charge in [-0.15, -0.1) is 0 Å². The standard InChI is InChI=1S/C15H19N5O2/c1-15(2,9-16)18-14(22)11-8-12(13(17)21)20(19-11)10-6-4-3-5-7-10/h3-8H,9,16H2,1-2H3,(H2,17,21)(H,18,22). The van der Waals surface area contributed by atoms with E-state index in [-0.39, 0.29) is 17.9 Å². The van der Waals surface area contributed by atoms with E-state index in [0.717, 1.165) is 0 Å². The lowest BCUT2D eigenvalue weighted by Gasteiger charge is -2.23. The summed E-state index contributed by atoms with van der Waals surface area (Å²) in [5.74, 6) is -1.07. The Hall–Kier alpha value is -2.67. The molecule has 0 unspecified atom stereocenters. The summed E-state index contributed by atoms with van der Waals surface area (Å²) < 4.78 is 1.35. The van der Waals surface area contributed by atoms with Gasteiger partial charge in [0.1, 0.15) is 5.69 Å². The first-order valence-electron chi connectivity index (χ1n) is 6.82. The van der Waals surface area contributed by atoms with Gasteiger partial charge in [-0.05, 0) is 26.0 Å². The average molecular weight is 301 g/mol. The lowest BCUT2D eigenvalue weighted by atomic mass is 10.1. The summed E-state index contributed by atoms with van der Waals surface area (Å²) in [6.07, 6.45) is 0. The van der Waals surface area contributed by atoms with Crippen molar-refractivity contribution < 1.29 is 9.59 Å². The molecule has 22 heavy (non-hydrogen) atoms. The van der Waals surface area contributed by atoms with Crippen molar-refractivity contribution >= 4 is 11.8 Å². The molecule has 2 aromatic rings. The molecule has 0 aliphatic carbocycles. The maximum atomic E-state index is 12.2. The molecule has 5 N–H and O–H groups in total. The van der Waals surface area contributed by atoms with E-state index in [2.05, 4.69) is 10.4 Å². The van der Waals surface area contributed by atoms with Crippen LogP contribution >= 0.6 is 0 Å². The molecule has 7 nitrogen and oxygen atoms in total. The first-order valence-corrected chi connectivity index (χ1v) is 6.82. The second-order valence-corrected chi connectivity index (χ2v) is 5.57. The monoisotopic (exact) mass is 301 g/mol. The smallest absolute Gasteiger partial charge is 0.272 e. The largest absolute Gasteiger partial charge is 0.364 e. The third kappa shape index (κ3) is 3.32. The highest BCUT2D eigenvalue weighted by molar-refractivity contribution is 5.97. The SMILES string of the molecule is CC(C)(CN)NC(=O)c1cc(C(N)=O)n(-c2ccccc2)n1. The number of amides is 2. The molecule has 0 aliphatic rings. The van der Waals surface area contributed by atoms with Crippen LogP contribution in [0.1, 0.15) is 34.8 Å². The summed E-state index contributed by atoms with van der Waals surface area (Å²) in [5.41, 5.74) is 11.3. The summed E-state index contributed by atoms with van der Waals surface area (Å²) in [6.45, 7) is 3.88. The van der Waals surface area contributed by atoms with Crippen LogP contribution < -0.4 is 16.8 Å². The van der Waals surface area contributed by atoms with Gasteiger partial charge in [0.05, 0.1) is 5.69 Å². The Morgan fingerprint density at radius 1 is 1.27 bits per heavy atom. The number of nitrogens with one attached hydrogen (secondary N) is 1. The van der Waals surface area contributed by atoms with Gasteiger partial charge in [0.15, 0.2) is 5.69 Å². The number of hydrogen-bond donors (Lipinski definition) is 3. The van der Waals surface area contributed by atoms with E-state index in [1.807, 2.05) is 6.07 Å². The van der Waals surface area contributed by atoms with E-state index in [4.69, 9.17) is 11.5 Å². The number of nitrogens with zero attached hydrogens (tertiary/aromatic N) is 2. The maximum Gasteiger partial charge on any atom is 0.272 e. The molecule has 0 spiro atoms. The van der Waals surface area contributed by atoms with Gasteiger partial charge in [-0.2, -0.15) is 5.10 Å². The molecule has 1 aromatic carbocycles. The number of para-hydroxylation sites is 1. The Balaban J connectivity index is 2.40. The molecule has 0 fully saturated rings. The number of primary amides is 1. The summed E-state index contributed by atoms with van der Waals surface area (Å²) in [4.78, 5) is 23.8. The molecule has 0 aliphatic heterocycles. The minimum Gasteiger partial charge on any atom is -0.364 e. The van der Waals surface area contributed by atoms with Gasteiger partial charge < -0.3 is 16.8 Å². The van der Waals surface area contributed by atoms with E-state index >= 15 is 0 Å². The molecule has 0 saturated carbocycles. The van der Waals surface area contributed by atoms with Gasteiger partial charge in [0.25, 0.3) is 11.8 Å².